The topological polar surface area (TPSA) is 68.0 Å². The van der Waals surface area contributed by atoms with Crippen LogP contribution in [0.2, 0.25) is 5.02 Å². The molecule has 1 unspecified atom stereocenters. The highest BCUT2D eigenvalue weighted by molar-refractivity contribution is 6.31. The van der Waals surface area contributed by atoms with Gasteiger partial charge >= 0.3 is 0 Å². The Kier molecular flexibility index (Phi) is 5.31. The molecular formula is C16H18ClN3O. The summed E-state index contributed by atoms with van der Waals surface area (Å²) in [6, 6.07) is 11.0. The van der Waals surface area contributed by atoms with E-state index in [4.69, 9.17) is 17.3 Å². The third kappa shape index (κ3) is 4.28. The summed E-state index contributed by atoms with van der Waals surface area (Å²) in [5.41, 5.74) is 7.81. The Labute approximate surface area is 129 Å². The molecule has 1 amide bonds. The molecule has 2 rings (SSSR count). The summed E-state index contributed by atoms with van der Waals surface area (Å²) in [4.78, 5) is 16.3. The van der Waals surface area contributed by atoms with Gasteiger partial charge in [-0.3, -0.25) is 9.78 Å². The van der Waals surface area contributed by atoms with Crippen LogP contribution in [0.5, 0.6) is 0 Å². The Morgan fingerprint density at radius 1 is 1.38 bits per heavy atom. The van der Waals surface area contributed by atoms with Gasteiger partial charge in [0.05, 0.1) is 5.69 Å². The smallest absolute Gasteiger partial charge is 0.251 e. The molecule has 2 aromatic rings. The van der Waals surface area contributed by atoms with Gasteiger partial charge in [0.15, 0.2) is 0 Å². The van der Waals surface area contributed by atoms with Crippen molar-refractivity contribution in [2.75, 3.05) is 0 Å². The quantitative estimate of drug-likeness (QED) is 0.892. The standard InChI is InChI=1S/C16H18ClN3O/c1-11(8-12-4-2-3-5-15(12)17)20-16(21)13-6-7-19-14(9-13)10-18/h2-7,9,11H,8,10,18H2,1H3,(H,20,21). The van der Waals surface area contributed by atoms with Crippen molar-refractivity contribution in [2.45, 2.75) is 25.9 Å². The first-order valence-corrected chi connectivity index (χ1v) is 7.17. The lowest BCUT2D eigenvalue weighted by molar-refractivity contribution is 0.0940. The minimum absolute atomic E-state index is 0.0214. The highest BCUT2D eigenvalue weighted by Crippen LogP contribution is 2.16. The number of nitrogens with one attached hydrogen (secondary N) is 1. The van der Waals surface area contributed by atoms with Gasteiger partial charge < -0.3 is 11.1 Å². The van der Waals surface area contributed by atoms with Crippen molar-refractivity contribution in [2.24, 2.45) is 5.73 Å². The lowest BCUT2D eigenvalue weighted by Crippen LogP contribution is -2.34. The molecular weight excluding hydrogens is 286 g/mol. The fourth-order valence-corrected chi connectivity index (χ4v) is 2.30. The number of benzene rings is 1. The zero-order chi connectivity index (χ0) is 15.2. The number of hydrogen-bond acceptors (Lipinski definition) is 3. The molecule has 0 aliphatic rings. The number of nitrogens with two attached hydrogens (primary N) is 1. The van der Waals surface area contributed by atoms with Crippen molar-refractivity contribution in [3.8, 4) is 0 Å². The molecule has 4 nitrogen and oxygen atoms in total. The molecule has 1 atom stereocenters. The van der Waals surface area contributed by atoms with Gasteiger partial charge in [0, 0.05) is 29.4 Å². The van der Waals surface area contributed by atoms with E-state index in [0.717, 1.165) is 5.56 Å². The van der Waals surface area contributed by atoms with E-state index in [9.17, 15) is 4.79 Å². The molecule has 1 aromatic heterocycles. The molecule has 0 aliphatic heterocycles. The highest BCUT2D eigenvalue weighted by atomic mass is 35.5. The van der Waals surface area contributed by atoms with Crippen LogP contribution in [0.25, 0.3) is 0 Å². The minimum Gasteiger partial charge on any atom is -0.349 e. The molecule has 0 spiro atoms. The third-order valence-corrected chi connectivity index (χ3v) is 3.52. The number of carbonyl (C=O) groups excluding carboxylic acids is 1. The van der Waals surface area contributed by atoms with E-state index in [1.54, 1.807) is 18.3 Å². The molecule has 0 saturated carbocycles. The first-order chi connectivity index (χ1) is 10.1. The monoisotopic (exact) mass is 303 g/mol. The van der Waals surface area contributed by atoms with Crippen LogP contribution < -0.4 is 11.1 Å². The second-order valence-corrected chi connectivity index (χ2v) is 5.32. The lowest BCUT2D eigenvalue weighted by Gasteiger charge is -2.15. The van der Waals surface area contributed by atoms with Crippen molar-refractivity contribution >= 4 is 17.5 Å². The van der Waals surface area contributed by atoms with Gasteiger partial charge in [0.25, 0.3) is 5.91 Å². The number of nitrogens with zero attached hydrogens (tertiary/aromatic N) is 1. The largest absolute Gasteiger partial charge is 0.349 e. The third-order valence-electron chi connectivity index (χ3n) is 3.15. The zero-order valence-electron chi connectivity index (χ0n) is 11.8. The molecule has 0 fully saturated rings. The van der Waals surface area contributed by atoms with Crippen LogP contribution in [0.15, 0.2) is 42.6 Å². The van der Waals surface area contributed by atoms with E-state index in [2.05, 4.69) is 10.3 Å². The second-order valence-electron chi connectivity index (χ2n) is 4.91. The van der Waals surface area contributed by atoms with Gasteiger partial charge in [-0.25, -0.2) is 0 Å². The number of aromatic nitrogens is 1. The molecule has 0 saturated heterocycles. The zero-order valence-corrected chi connectivity index (χ0v) is 12.6. The molecule has 21 heavy (non-hydrogen) atoms. The van der Waals surface area contributed by atoms with Crippen LogP contribution in [-0.2, 0) is 13.0 Å². The number of halogens is 1. The van der Waals surface area contributed by atoms with Gasteiger partial charge in [-0.15, -0.1) is 0 Å². The van der Waals surface area contributed by atoms with Crippen LogP contribution in [0.1, 0.15) is 28.5 Å². The Morgan fingerprint density at radius 3 is 2.86 bits per heavy atom. The Balaban J connectivity index is 2.00. The van der Waals surface area contributed by atoms with Crippen LogP contribution in [0, 0.1) is 0 Å². The number of amides is 1. The van der Waals surface area contributed by atoms with Gasteiger partial charge in [0.2, 0.25) is 0 Å². The van der Waals surface area contributed by atoms with Gasteiger partial charge in [-0.05, 0) is 37.1 Å². The molecule has 0 radical (unpaired) electrons. The first kappa shape index (κ1) is 15.5. The number of pyridine rings is 1. The second kappa shape index (κ2) is 7.20. The summed E-state index contributed by atoms with van der Waals surface area (Å²) in [5.74, 6) is -0.133. The predicted octanol–water partition coefficient (Wildman–Crippen LogP) is 2.55. The molecule has 3 N–H and O–H groups in total. The van der Waals surface area contributed by atoms with E-state index < -0.39 is 0 Å². The lowest BCUT2D eigenvalue weighted by atomic mass is 10.1. The van der Waals surface area contributed by atoms with Crippen LogP contribution >= 0.6 is 11.6 Å². The van der Waals surface area contributed by atoms with Gasteiger partial charge in [-0.2, -0.15) is 0 Å². The maximum absolute atomic E-state index is 12.2. The Morgan fingerprint density at radius 2 is 2.14 bits per heavy atom. The summed E-state index contributed by atoms with van der Waals surface area (Å²) in [5, 5.41) is 3.67. The van der Waals surface area contributed by atoms with E-state index in [-0.39, 0.29) is 11.9 Å². The summed E-state index contributed by atoms with van der Waals surface area (Å²) < 4.78 is 0. The average molecular weight is 304 g/mol. The summed E-state index contributed by atoms with van der Waals surface area (Å²) in [6.07, 6.45) is 2.27. The van der Waals surface area contributed by atoms with E-state index in [1.165, 1.54) is 0 Å². The summed E-state index contributed by atoms with van der Waals surface area (Å²) in [7, 11) is 0. The predicted molar refractivity (Wildman–Crippen MR) is 84.2 cm³/mol. The summed E-state index contributed by atoms with van der Waals surface area (Å²) in [6.45, 7) is 2.27. The Bertz CT molecular complexity index is 630. The number of carbonyl (C=O) groups is 1. The van der Waals surface area contributed by atoms with Crippen molar-refractivity contribution in [1.82, 2.24) is 10.3 Å². The average Bonchev–Trinajstić information content (AvgIpc) is 2.49. The van der Waals surface area contributed by atoms with Crippen LogP contribution in [0.4, 0.5) is 0 Å². The van der Waals surface area contributed by atoms with Crippen molar-refractivity contribution in [3.05, 3.63) is 64.4 Å². The molecule has 1 heterocycles. The SMILES string of the molecule is CC(Cc1ccccc1Cl)NC(=O)c1ccnc(CN)c1. The van der Waals surface area contributed by atoms with Crippen molar-refractivity contribution < 1.29 is 4.79 Å². The molecule has 110 valence electrons. The highest BCUT2D eigenvalue weighted by Gasteiger charge is 2.12. The van der Waals surface area contributed by atoms with Gasteiger partial charge in [-0.1, -0.05) is 29.8 Å². The number of rotatable bonds is 5. The minimum atomic E-state index is -0.133. The fraction of sp³-hybridized carbons (Fsp3) is 0.250. The van der Waals surface area contributed by atoms with Crippen LogP contribution in [-0.4, -0.2) is 16.9 Å². The first-order valence-electron chi connectivity index (χ1n) is 6.79. The molecule has 0 bridgehead atoms. The normalized spacial score (nSPS) is 12.0. The maximum atomic E-state index is 12.2. The summed E-state index contributed by atoms with van der Waals surface area (Å²) >= 11 is 6.13. The van der Waals surface area contributed by atoms with E-state index in [1.807, 2.05) is 31.2 Å². The fourth-order valence-electron chi connectivity index (χ4n) is 2.08. The van der Waals surface area contributed by atoms with Crippen LogP contribution in [0.3, 0.4) is 0 Å². The van der Waals surface area contributed by atoms with Gasteiger partial charge in [0.1, 0.15) is 0 Å². The maximum Gasteiger partial charge on any atom is 0.251 e. The van der Waals surface area contributed by atoms with E-state index in [0.29, 0.717) is 29.2 Å². The van der Waals surface area contributed by atoms with Crippen molar-refractivity contribution in [1.29, 1.82) is 0 Å². The molecule has 1 aromatic carbocycles. The molecule has 5 heteroatoms. The molecule has 0 aliphatic carbocycles. The number of hydrogen-bond donors (Lipinski definition) is 2. The Hall–Kier alpha value is -1.91. The van der Waals surface area contributed by atoms with Crippen molar-refractivity contribution in [3.63, 3.8) is 0 Å². The van der Waals surface area contributed by atoms with E-state index >= 15 is 0 Å².